The highest BCUT2D eigenvalue weighted by atomic mass is 16.3. The third-order valence-electron chi connectivity index (χ3n) is 9.45. The minimum Gasteiger partial charge on any atom is -0.456 e. The summed E-state index contributed by atoms with van der Waals surface area (Å²) in [6.07, 6.45) is 3.63. The second kappa shape index (κ2) is 11.4. The van der Waals surface area contributed by atoms with Crippen LogP contribution in [0.15, 0.2) is 173 Å². The fourth-order valence-electron chi connectivity index (χ4n) is 7.08. The van der Waals surface area contributed by atoms with Crippen molar-refractivity contribution in [3.63, 3.8) is 0 Å². The topological polar surface area (TPSA) is 65.0 Å². The van der Waals surface area contributed by atoms with Crippen LogP contribution in [0, 0.1) is 0 Å². The molecule has 50 heavy (non-hydrogen) atoms. The summed E-state index contributed by atoms with van der Waals surface area (Å²) >= 11 is 0. The van der Waals surface area contributed by atoms with Gasteiger partial charge >= 0.3 is 0 Å². The fourth-order valence-corrected chi connectivity index (χ4v) is 7.08. The molecule has 0 aliphatic heterocycles. The molecule has 6 aromatic carbocycles. The molecule has 5 nitrogen and oxygen atoms in total. The van der Waals surface area contributed by atoms with Gasteiger partial charge in [-0.1, -0.05) is 109 Å². The molecule has 4 heterocycles. The molecule has 0 aliphatic carbocycles. The van der Waals surface area contributed by atoms with Crippen LogP contribution in [0.1, 0.15) is 0 Å². The Morgan fingerprint density at radius 2 is 1.00 bits per heavy atom. The first-order valence-corrected chi connectivity index (χ1v) is 16.6. The van der Waals surface area contributed by atoms with Crippen molar-refractivity contribution < 1.29 is 8.83 Å². The predicted octanol–water partition coefficient (Wildman–Crippen LogP) is 12.0. The van der Waals surface area contributed by atoms with E-state index < -0.39 is 0 Å². The monoisotopic (exact) mass is 641 g/mol. The molecule has 0 unspecified atom stereocenters. The first kappa shape index (κ1) is 28.2. The average Bonchev–Trinajstić information content (AvgIpc) is 3.77. The minimum absolute atomic E-state index is 0.663. The Bertz CT molecular complexity index is 2850. The van der Waals surface area contributed by atoms with Crippen molar-refractivity contribution in [2.45, 2.75) is 0 Å². The Morgan fingerprint density at radius 1 is 0.380 bits per heavy atom. The minimum atomic E-state index is 0.663. The first-order valence-electron chi connectivity index (χ1n) is 16.6. The zero-order valence-corrected chi connectivity index (χ0v) is 26.7. The molecule has 4 aromatic heterocycles. The molecule has 0 amide bonds. The summed E-state index contributed by atoms with van der Waals surface area (Å²) in [5.74, 6) is 0.663. The van der Waals surface area contributed by atoms with E-state index in [1.807, 2.05) is 79.1 Å². The summed E-state index contributed by atoms with van der Waals surface area (Å²) < 4.78 is 13.0. The Morgan fingerprint density at radius 3 is 1.80 bits per heavy atom. The standard InChI is InChI=1S/C45H27N3O2/c1-2-9-31(10-3-1)45-47-37(30-19-17-28(18-20-30)29-23-25-46-26-24-29)27-38(48-45)34-22-21-33(44-43(34)36-12-5-7-15-40(36)50-44)32-13-8-16-41-42(32)35-11-4-6-14-39(35)49-41/h1-27H. The molecule has 10 aromatic rings. The summed E-state index contributed by atoms with van der Waals surface area (Å²) in [4.78, 5) is 14.5. The number of para-hydroxylation sites is 2. The highest BCUT2D eigenvalue weighted by Gasteiger charge is 2.22. The van der Waals surface area contributed by atoms with Crippen molar-refractivity contribution in [3.05, 3.63) is 164 Å². The number of rotatable bonds is 5. The van der Waals surface area contributed by atoms with Crippen molar-refractivity contribution >= 4 is 43.9 Å². The fraction of sp³-hybridized carbons (Fsp3) is 0. The van der Waals surface area contributed by atoms with Gasteiger partial charge in [0.2, 0.25) is 0 Å². The number of furan rings is 2. The van der Waals surface area contributed by atoms with E-state index in [-0.39, 0.29) is 0 Å². The third-order valence-corrected chi connectivity index (χ3v) is 9.45. The van der Waals surface area contributed by atoms with E-state index in [0.717, 1.165) is 94.2 Å². The maximum atomic E-state index is 6.74. The second-order valence-electron chi connectivity index (χ2n) is 12.4. The Kier molecular flexibility index (Phi) is 6.42. The molecule has 0 radical (unpaired) electrons. The van der Waals surface area contributed by atoms with Crippen LogP contribution in [0.3, 0.4) is 0 Å². The average molecular weight is 642 g/mol. The highest BCUT2D eigenvalue weighted by molar-refractivity contribution is 6.20. The molecule has 0 saturated carbocycles. The van der Waals surface area contributed by atoms with Crippen LogP contribution in [0.4, 0.5) is 0 Å². The number of aromatic nitrogens is 3. The lowest BCUT2D eigenvalue weighted by atomic mass is 9.94. The Hall–Kier alpha value is -6.85. The van der Waals surface area contributed by atoms with Gasteiger partial charge in [-0.3, -0.25) is 4.98 Å². The molecule has 0 saturated heterocycles. The maximum absolute atomic E-state index is 6.74. The molecule has 0 bridgehead atoms. The SMILES string of the molecule is c1ccc(-c2nc(-c3ccc(-c4ccncc4)cc3)cc(-c3ccc(-c4cccc5oc6ccccc6c45)c4oc5ccccc5c34)n2)cc1. The lowest BCUT2D eigenvalue weighted by Crippen LogP contribution is -1.96. The van der Waals surface area contributed by atoms with Crippen molar-refractivity contribution in [3.8, 4) is 56.2 Å². The van der Waals surface area contributed by atoms with Gasteiger partial charge < -0.3 is 8.83 Å². The van der Waals surface area contributed by atoms with Gasteiger partial charge in [-0.2, -0.15) is 0 Å². The van der Waals surface area contributed by atoms with Crippen LogP contribution >= 0.6 is 0 Å². The summed E-state index contributed by atoms with van der Waals surface area (Å²) in [6.45, 7) is 0. The van der Waals surface area contributed by atoms with Crippen molar-refractivity contribution in [1.29, 1.82) is 0 Å². The number of fused-ring (bicyclic) bond motifs is 6. The molecular formula is C45H27N3O2. The van der Waals surface area contributed by atoms with Gasteiger partial charge in [0.05, 0.1) is 11.4 Å². The van der Waals surface area contributed by atoms with Gasteiger partial charge in [-0.05, 0) is 59.2 Å². The van der Waals surface area contributed by atoms with E-state index in [1.54, 1.807) is 0 Å². The summed E-state index contributed by atoms with van der Waals surface area (Å²) in [5, 5.41) is 4.20. The van der Waals surface area contributed by atoms with Gasteiger partial charge in [0.1, 0.15) is 22.3 Å². The van der Waals surface area contributed by atoms with Crippen LogP contribution in [-0.2, 0) is 0 Å². The van der Waals surface area contributed by atoms with E-state index in [4.69, 9.17) is 18.8 Å². The quantitative estimate of drug-likeness (QED) is 0.187. The lowest BCUT2D eigenvalue weighted by Gasteiger charge is -2.12. The number of nitrogens with zero attached hydrogens (tertiary/aromatic N) is 3. The summed E-state index contributed by atoms with van der Waals surface area (Å²) in [7, 11) is 0. The zero-order chi connectivity index (χ0) is 33.0. The number of hydrogen-bond donors (Lipinski definition) is 0. The largest absolute Gasteiger partial charge is 0.456 e. The molecule has 234 valence electrons. The van der Waals surface area contributed by atoms with Crippen molar-refractivity contribution in [2.75, 3.05) is 0 Å². The van der Waals surface area contributed by atoms with Gasteiger partial charge in [-0.15, -0.1) is 0 Å². The van der Waals surface area contributed by atoms with Crippen LogP contribution in [0.5, 0.6) is 0 Å². The molecule has 0 fully saturated rings. The Balaban J connectivity index is 1.21. The molecule has 0 spiro atoms. The van der Waals surface area contributed by atoms with Crippen LogP contribution in [0.25, 0.3) is 100 Å². The van der Waals surface area contributed by atoms with Crippen LogP contribution in [-0.4, -0.2) is 15.0 Å². The van der Waals surface area contributed by atoms with Crippen molar-refractivity contribution in [2.24, 2.45) is 0 Å². The molecule has 0 atom stereocenters. The molecular weight excluding hydrogens is 615 g/mol. The van der Waals surface area contributed by atoms with E-state index in [0.29, 0.717) is 5.82 Å². The smallest absolute Gasteiger partial charge is 0.160 e. The molecule has 0 N–H and O–H groups in total. The highest BCUT2D eigenvalue weighted by Crippen LogP contribution is 2.45. The lowest BCUT2D eigenvalue weighted by molar-refractivity contribution is 0.668. The summed E-state index contributed by atoms with van der Waals surface area (Å²) in [6, 6.07) is 51.8. The van der Waals surface area contributed by atoms with E-state index in [1.165, 1.54) is 0 Å². The van der Waals surface area contributed by atoms with Gasteiger partial charge in [0, 0.05) is 56.2 Å². The number of hydrogen-bond acceptors (Lipinski definition) is 5. The van der Waals surface area contributed by atoms with Gasteiger partial charge in [0.15, 0.2) is 5.82 Å². The first-order chi connectivity index (χ1) is 24.8. The Labute approximate surface area is 287 Å². The third kappa shape index (κ3) is 4.60. The second-order valence-corrected chi connectivity index (χ2v) is 12.4. The predicted molar refractivity (Wildman–Crippen MR) is 202 cm³/mol. The van der Waals surface area contributed by atoms with Crippen LogP contribution in [0.2, 0.25) is 0 Å². The molecule has 5 heteroatoms. The zero-order valence-electron chi connectivity index (χ0n) is 26.7. The van der Waals surface area contributed by atoms with E-state index in [2.05, 4.69) is 89.9 Å². The van der Waals surface area contributed by atoms with Gasteiger partial charge in [-0.25, -0.2) is 9.97 Å². The summed E-state index contributed by atoms with van der Waals surface area (Å²) in [5.41, 5.74) is 12.2. The van der Waals surface area contributed by atoms with E-state index in [9.17, 15) is 0 Å². The van der Waals surface area contributed by atoms with Gasteiger partial charge in [0.25, 0.3) is 0 Å². The van der Waals surface area contributed by atoms with Crippen LogP contribution < -0.4 is 0 Å². The van der Waals surface area contributed by atoms with E-state index >= 15 is 0 Å². The normalized spacial score (nSPS) is 11.6. The molecule has 10 rings (SSSR count). The number of benzene rings is 6. The molecule has 0 aliphatic rings. The van der Waals surface area contributed by atoms with Crippen molar-refractivity contribution in [1.82, 2.24) is 15.0 Å². The number of pyridine rings is 1. The maximum Gasteiger partial charge on any atom is 0.160 e.